The van der Waals surface area contributed by atoms with Gasteiger partial charge in [-0.1, -0.05) is 0 Å². The van der Waals surface area contributed by atoms with Gasteiger partial charge >= 0.3 is 5.69 Å². The number of hydrogen-bond donors (Lipinski definition) is 2. The summed E-state index contributed by atoms with van der Waals surface area (Å²) < 4.78 is 3.93. The predicted octanol–water partition coefficient (Wildman–Crippen LogP) is -2.19. The van der Waals surface area contributed by atoms with Gasteiger partial charge in [0.1, 0.15) is 0 Å². The maximum atomic E-state index is 12.6. The van der Waals surface area contributed by atoms with Gasteiger partial charge in [0.25, 0.3) is 5.56 Å². The number of rotatable bonds is 6. The van der Waals surface area contributed by atoms with Crippen LogP contribution in [0.4, 0.5) is 0 Å². The van der Waals surface area contributed by atoms with Crippen molar-refractivity contribution in [3.05, 3.63) is 27.2 Å². The zero-order valence-corrected chi connectivity index (χ0v) is 12.9. The monoisotopic (exact) mass is 311 g/mol. The van der Waals surface area contributed by atoms with Gasteiger partial charge in [-0.2, -0.15) is 0 Å². The molecule has 22 heavy (non-hydrogen) atoms. The van der Waals surface area contributed by atoms with E-state index in [1.807, 2.05) is 19.0 Å². The Kier molecular flexibility index (Phi) is 4.79. The summed E-state index contributed by atoms with van der Waals surface area (Å²) in [7, 11) is 5.27. The number of aryl methyl sites for hydroxylation is 1. The van der Waals surface area contributed by atoms with Crippen LogP contribution in [0.2, 0.25) is 0 Å². The molecule has 2 N–H and O–H groups in total. The van der Waals surface area contributed by atoms with Crippen molar-refractivity contribution in [3.8, 4) is 0 Å². The largest absolute Gasteiger partial charge is 0.394 e. The Bertz CT molecular complexity index is 773. The van der Waals surface area contributed by atoms with Crippen molar-refractivity contribution in [1.29, 1.82) is 0 Å². The summed E-state index contributed by atoms with van der Waals surface area (Å²) in [6.45, 7) is 0.435. The molecule has 2 rings (SSSR count). The molecule has 0 saturated heterocycles. The Hall–Kier alpha value is -1.97. The Labute approximate surface area is 126 Å². The lowest BCUT2D eigenvalue weighted by Crippen LogP contribution is -2.41. The highest BCUT2D eigenvalue weighted by molar-refractivity contribution is 5.69. The third-order valence-corrected chi connectivity index (χ3v) is 3.49. The first kappa shape index (κ1) is 16.4. The first-order valence-electron chi connectivity index (χ1n) is 6.95. The van der Waals surface area contributed by atoms with Crippen LogP contribution in [-0.2, 0) is 20.1 Å². The fraction of sp³-hybridized carbons (Fsp3) is 0.615. The number of imidazole rings is 1. The van der Waals surface area contributed by atoms with Crippen molar-refractivity contribution in [1.82, 2.24) is 23.6 Å². The zero-order valence-electron chi connectivity index (χ0n) is 12.9. The maximum Gasteiger partial charge on any atom is 0.332 e. The van der Waals surface area contributed by atoms with Crippen LogP contribution in [0.1, 0.15) is 0 Å². The Morgan fingerprint density at radius 3 is 2.64 bits per heavy atom. The molecular formula is C13H21N5O4. The molecule has 0 aliphatic heterocycles. The van der Waals surface area contributed by atoms with Crippen LogP contribution in [0.3, 0.4) is 0 Å². The fourth-order valence-corrected chi connectivity index (χ4v) is 2.24. The highest BCUT2D eigenvalue weighted by Gasteiger charge is 2.17. The average molecular weight is 311 g/mol. The molecule has 0 spiro atoms. The van der Waals surface area contributed by atoms with Gasteiger partial charge in [0.05, 0.1) is 25.6 Å². The lowest BCUT2D eigenvalue weighted by atomic mass is 10.3. The van der Waals surface area contributed by atoms with Crippen LogP contribution in [0.5, 0.6) is 0 Å². The normalized spacial score (nSPS) is 13.2. The third kappa shape index (κ3) is 2.96. The molecule has 0 aliphatic carbocycles. The molecule has 0 fully saturated rings. The molecule has 2 heterocycles. The maximum absolute atomic E-state index is 12.6. The van der Waals surface area contributed by atoms with E-state index in [1.54, 1.807) is 7.05 Å². The van der Waals surface area contributed by atoms with Gasteiger partial charge < -0.3 is 19.7 Å². The van der Waals surface area contributed by atoms with Crippen LogP contribution < -0.4 is 11.2 Å². The van der Waals surface area contributed by atoms with Crippen LogP contribution in [0.15, 0.2) is 15.9 Å². The van der Waals surface area contributed by atoms with Gasteiger partial charge in [-0.15, -0.1) is 0 Å². The second-order valence-electron chi connectivity index (χ2n) is 5.51. The van der Waals surface area contributed by atoms with Crippen molar-refractivity contribution in [2.75, 3.05) is 27.2 Å². The van der Waals surface area contributed by atoms with Crippen molar-refractivity contribution in [2.24, 2.45) is 7.05 Å². The minimum atomic E-state index is -0.996. The number of aromatic nitrogens is 4. The summed E-state index contributed by atoms with van der Waals surface area (Å²) in [5, 5.41) is 18.5. The van der Waals surface area contributed by atoms with Crippen LogP contribution in [0.25, 0.3) is 11.2 Å². The highest BCUT2D eigenvalue weighted by Crippen LogP contribution is 2.06. The molecule has 9 nitrogen and oxygen atoms in total. The molecule has 0 amide bonds. The van der Waals surface area contributed by atoms with E-state index >= 15 is 0 Å². The highest BCUT2D eigenvalue weighted by atomic mass is 16.3. The minimum Gasteiger partial charge on any atom is -0.394 e. The number of aliphatic hydroxyl groups excluding tert-OH is 2. The summed E-state index contributed by atoms with van der Waals surface area (Å²) >= 11 is 0. The molecule has 0 aliphatic rings. The first-order valence-corrected chi connectivity index (χ1v) is 6.95. The van der Waals surface area contributed by atoms with E-state index in [4.69, 9.17) is 5.11 Å². The van der Waals surface area contributed by atoms with Crippen LogP contribution in [0, 0.1) is 0 Å². The topological polar surface area (TPSA) is 106 Å². The van der Waals surface area contributed by atoms with Crippen molar-refractivity contribution < 1.29 is 10.2 Å². The van der Waals surface area contributed by atoms with E-state index in [1.165, 1.54) is 15.5 Å². The summed E-state index contributed by atoms with van der Waals surface area (Å²) in [4.78, 5) is 30.8. The minimum absolute atomic E-state index is 0.0358. The van der Waals surface area contributed by atoms with Gasteiger partial charge in [-0.05, 0) is 14.1 Å². The number of aliphatic hydroxyl groups is 2. The second kappa shape index (κ2) is 6.42. The summed E-state index contributed by atoms with van der Waals surface area (Å²) in [5.74, 6) is 0. The van der Waals surface area contributed by atoms with Gasteiger partial charge in [0, 0.05) is 20.1 Å². The first-order chi connectivity index (χ1) is 10.4. The molecule has 0 saturated carbocycles. The molecule has 2 aromatic rings. The molecule has 122 valence electrons. The van der Waals surface area contributed by atoms with Gasteiger partial charge in [-0.3, -0.25) is 13.9 Å². The lowest BCUT2D eigenvalue weighted by Gasteiger charge is -2.13. The quantitative estimate of drug-likeness (QED) is 0.628. The molecule has 2 aromatic heterocycles. The van der Waals surface area contributed by atoms with Crippen LogP contribution >= 0.6 is 0 Å². The second-order valence-corrected chi connectivity index (χ2v) is 5.51. The summed E-state index contributed by atoms with van der Waals surface area (Å²) in [6.07, 6.45) is 0.393. The molecule has 0 unspecified atom stereocenters. The molecule has 9 heteroatoms. The molecule has 1 atom stereocenters. The SMILES string of the molecule is CN(C)CCn1c(=O)c2c(ncn2C[C@@H](O)CO)n(C)c1=O. The lowest BCUT2D eigenvalue weighted by molar-refractivity contribution is 0.0820. The number of hydrogen-bond acceptors (Lipinski definition) is 6. The fourth-order valence-electron chi connectivity index (χ4n) is 2.24. The molecule has 0 bridgehead atoms. The van der Waals surface area contributed by atoms with E-state index in [0.717, 1.165) is 4.57 Å². The predicted molar refractivity (Wildman–Crippen MR) is 80.9 cm³/mol. The van der Waals surface area contributed by atoms with Gasteiger partial charge in [-0.25, -0.2) is 9.78 Å². The Balaban J connectivity index is 2.60. The number of likely N-dealkylation sites (N-methyl/N-ethyl adjacent to an activating group) is 1. The zero-order chi connectivity index (χ0) is 16.4. The van der Waals surface area contributed by atoms with Crippen molar-refractivity contribution >= 4 is 11.2 Å². The van der Waals surface area contributed by atoms with E-state index in [-0.39, 0.29) is 24.3 Å². The summed E-state index contributed by atoms with van der Waals surface area (Å²) in [6, 6.07) is 0. The van der Waals surface area contributed by atoms with E-state index in [9.17, 15) is 14.7 Å². The van der Waals surface area contributed by atoms with Gasteiger partial charge in [0.2, 0.25) is 0 Å². The third-order valence-electron chi connectivity index (χ3n) is 3.49. The smallest absolute Gasteiger partial charge is 0.332 e. The van der Waals surface area contributed by atoms with E-state index in [0.29, 0.717) is 6.54 Å². The van der Waals surface area contributed by atoms with Gasteiger partial charge in [0.15, 0.2) is 11.2 Å². The number of fused-ring (bicyclic) bond motifs is 1. The molecule has 0 radical (unpaired) electrons. The van der Waals surface area contributed by atoms with Crippen molar-refractivity contribution in [3.63, 3.8) is 0 Å². The molecule has 0 aromatic carbocycles. The van der Waals surface area contributed by atoms with E-state index < -0.39 is 24.0 Å². The average Bonchev–Trinajstić information content (AvgIpc) is 2.88. The van der Waals surface area contributed by atoms with Crippen LogP contribution in [-0.4, -0.2) is 67.1 Å². The Morgan fingerprint density at radius 2 is 2.05 bits per heavy atom. The summed E-state index contributed by atoms with van der Waals surface area (Å²) in [5.41, 5.74) is -0.357. The standard InChI is InChI=1S/C13H21N5O4/c1-15(2)4-5-18-12(21)10-11(16(3)13(18)22)14-8-17(10)6-9(20)7-19/h8-9,19-20H,4-7H2,1-3H3/t9-/m1/s1. The number of nitrogens with zero attached hydrogens (tertiary/aromatic N) is 5. The molecular weight excluding hydrogens is 290 g/mol. The Morgan fingerprint density at radius 1 is 1.36 bits per heavy atom. The van der Waals surface area contributed by atoms with Crippen molar-refractivity contribution in [2.45, 2.75) is 19.2 Å². The van der Waals surface area contributed by atoms with E-state index in [2.05, 4.69) is 4.98 Å².